The minimum absolute atomic E-state index is 0.239. The van der Waals surface area contributed by atoms with Gasteiger partial charge in [0.05, 0.1) is 29.9 Å². The van der Waals surface area contributed by atoms with Crippen LogP contribution in [0.5, 0.6) is 0 Å². The molecule has 1 amide bonds. The van der Waals surface area contributed by atoms with E-state index in [1.54, 1.807) is 38.8 Å². The molecular weight excluding hydrogens is 504 g/mol. The zero-order valence-corrected chi connectivity index (χ0v) is 24.7. The smallest absolute Gasteiger partial charge is 0.259 e. The molecule has 0 spiro atoms. The predicted octanol–water partition coefficient (Wildman–Crippen LogP) is 7.06. The van der Waals surface area contributed by atoms with Crippen molar-refractivity contribution in [2.45, 2.75) is 34.6 Å². The van der Waals surface area contributed by atoms with E-state index in [1.807, 2.05) is 83.2 Å². The Kier molecular flexibility index (Phi) is 16.8. The fraction of sp³-hybridized carbons (Fsp3) is 0.312. The van der Waals surface area contributed by atoms with Gasteiger partial charge in [-0.3, -0.25) is 9.78 Å². The molecule has 0 fully saturated rings. The molecular formula is C32H42N4O4. The summed E-state index contributed by atoms with van der Waals surface area (Å²) in [4.78, 5) is 22.0. The lowest BCUT2D eigenvalue weighted by atomic mass is 10.0. The Balaban J connectivity index is 0.000000789. The van der Waals surface area contributed by atoms with Crippen LogP contribution in [0.4, 0.5) is 0 Å². The first kappa shape index (κ1) is 33.9. The molecule has 214 valence electrons. The molecule has 0 atom stereocenters. The van der Waals surface area contributed by atoms with Crippen LogP contribution in [-0.2, 0) is 9.47 Å². The summed E-state index contributed by atoms with van der Waals surface area (Å²) in [5.74, 6) is -0.239. The third-order valence-corrected chi connectivity index (χ3v) is 5.00. The molecule has 3 heterocycles. The molecule has 0 unspecified atom stereocenters. The lowest BCUT2D eigenvalue weighted by Gasteiger charge is -2.08. The predicted molar refractivity (Wildman–Crippen MR) is 163 cm³/mol. The van der Waals surface area contributed by atoms with Crippen LogP contribution in [0, 0.1) is 6.92 Å². The maximum absolute atomic E-state index is 13.1. The van der Waals surface area contributed by atoms with Crippen molar-refractivity contribution in [1.29, 1.82) is 0 Å². The molecule has 4 rings (SSSR count). The summed E-state index contributed by atoms with van der Waals surface area (Å²) < 4.78 is 15.1. The van der Waals surface area contributed by atoms with Crippen LogP contribution < -0.4 is 5.32 Å². The van der Waals surface area contributed by atoms with Gasteiger partial charge in [0, 0.05) is 44.3 Å². The molecule has 0 aliphatic rings. The first-order chi connectivity index (χ1) is 19.6. The van der Waals surface area contributed by atoms with Gasteiger partial charge in [0.2, 0.25) is 0 Å². The number of carbonyl (C=O) groups is 1. The average Bonchev–Trinajstić information content (AvgIpc) is 3.44. The summed E-state index contributed by atoms with van der Waals surface area (Å²) in [6, 6.07) is 13.3. The molecule has 40 heavy (non-hydrogen) atoms. The summed E-state index contributed by atoms with van der Waals surface area (Å²) in [6.45, 7) is 14.9. The van der Waals surface area contributed by atoms with Crippen LogP contribution in [0.3, 0.4) is 0 Å². The number of fused-ring (bicyclic) bond motifs is 1. The Morgan fingerprint density at radius 3 is 2.27 bits per heavy atom. The van der Waals surface area contributed by atoms with Crippen LogP contribution in [0.2, 0.25) is 0 Å². The van der Waals surface area contributed by atoms with Gasteiger partial charge in [-0.25, -0.2) is 4.98 Å². The van der Waals surface area contributed by atoms with Crippen molar-refractivity contribution in [3.8, 4) is 22.5 Å². The number of nitrogens with zero attached hydrogens (tertiary/aromatic N) is 3. The number of benzene rings is 1. The molecule has 0 aliphatic carbocycles. The molecule has 1 N–H and O–H groups in total. The first-order valence-electron chi connectivity index (χ1n) is 13.4. The minimum Gasteiger partial charge on any atom is -0.381 e. The number of hydrogen-bond acceptors (Lipinski definition) is 7. The van der Waals surface area contributed by atoms with Gasteiger partial charge >= 0.3 is 0 Å². The maximum Gasteiger partial charge on any atom is 0.259 e. The summed E-state index contributed by atoms with van der Waals surface area (Å²) in [6.07, 6.45) is 8.88. The summed E-state index contributed by atoms with van der Waals surface area (Å²) in [5, 5.41) is 7.71. The van der Waals surface area contributed by atoms with Crippen LogP contribution in [-0.4, -0.2) is 55.0 Å². The second-order valence-electron chi connectivity index (χ2n) is 7.76. The van der Waals surface area contributed by atoms with Crippen LogP contribution >= 0.6 is 0 Å². The number of aryl methyl sites for hydroxylation is 1. The summed E-state index contributed by atoms with van der Waals surface area (Å²) in [7, 11) is 3.26. The first-order valence-corrected chi connectivity index (χ1v) is 13.4. The van der Waals surface area contributed by atoms with E-state index in [2.05, 4.69) is 31.8 Å². The Morgan fingerprint density at radius 2 is 1.68 bits per heavy atom. The number of pyridine rings is 2. The minimum atomic E-state index is -0.239. The number of carbonyl (C=O) groups excluding carboxylic acids is 1. The van der Waals surface area contributed by atoms with E-state index in [0.29, 0.717) is 47.8 Å². The molecule has 3 aromatic heterocycles. The highest BCUT2D eigenvalue weighted by atomic mass is 16.5. The zero-order valence-electron chi connectivity index (χ0n) is 24.7. The van der Waals surface area contributed by atoms with Gasteiger partial charge in [-0.15, -0.1) is 6.58 Å². The molecule has 8 heteroatoms. The van der Waals surface area contributed by atoms with Crippen molar-refractivity contribution in [2.24, 2.45) is 0 Å². The van der Waals surface area contributed by atoms with E-state index < -0.39 is 0 Å². The van der Waals surface area contributed by atoms with Crippen molar-refractivity contribution in [2.75, 3.05) is 34.0 Å². The average molecular weight is 547 g/mol. The van der Waals surface area contributed by atoms with E-state index >= 15 is 0 Å². The van der Waals surface area contributed by atoms with Gasteiger partial charge in [0.1, 0.15) is 5.69 Å². The standard InChI is InChI=1S/C24H22N4O3.C4H8O.2C2H6/c1-16-12-18(15-25-14-16)20-13-19(23(29)26-10-6-7-11-30-2)21-22(28-31-24(21)27-20)17-8-4-3-5-9-17;1-3-4-5-2;2*1-2/h3-9,12-15H,10-11H2,1-2H3,(H,26,29);3H,1,4H2,2H3;2*1-2H3/b7-6+;;;. The van der Waals surface area contributed by atoms with Crippen LogP contribution in [0.1, 0.15) is 43.6 Å². The highest BCUT2D eigenvalue weighted by Gasteiger charge is 2.22. The molecule has 0 saturated heterocycles. The number of rotatable bonds is 9. The summed E-state index contributed by atoms with van der Waals surface area (Å²) >= 11 is 0. The highest BCUT2D eigenvalue weighted by Crippen LogP contribution is 2.32. The van der Waals surface area contributed by atoms with E-state index in [1.165, 1.54) is 0 Å². The Hall–Kier alpha value is -4.14. The number of amides is 1. The molecule has 0 aliphatic heterocycles. The number of ether oxygens (including phenoxy) is 2. The van der Waals surface area contributed by atoms with E-state index in [9.17, 15) is 4.79 Å². The topological polar surface area (TPSA) is 99.4 Å². The quantitative estimate of drug-likeness (QED) is 0.224. The van der Waals surface area contributed by atoms with Crippen molar-refractivity contribution in [3.05, 3.63) is 90.8 Å². The highest BCUT2D eigenvalue weighted by molar-refractivity contribution is 6.10. The molecule has 0 bridgehead atoms. The second-order valence-corrected chi connectivity index (χ2v) is 7.76. The van der Waals surface area contributed by atoms with Gasteiger partial charge in [-0.1, -0.05) is 81.4 Å². The van der Waals surface area contributed by atoms with Gasteiger partial charge in [-0.2, -0.15) is 0 Å². The van der Waals surface area contributed by atoms with Gasteiger partial charge < -0.3 is 19.3 Å². The number of hydrogen-bond donors (Lipinski definition) is 1. The fourth-order valence-corrected chi connectivity index (χ4v) is 3.38. The molecule has 0 saturated carbocycles. The summed E-state index contributed by atoms with van der Waals surface area (Å²) in [5.41, 5.74) is 4.57. The third kappa shape index (κ3) is 10.2. The van der Waals surface area contributed by atoms with Crippen LogP contribution in [0.15, 0.2) is 84.2 Å². The molecule has 8 nitrogen and oxygen atoms in total. The molecule has 0 radical (unpaired) electrons. The molecule has 1 aromatic carbocycles. The van der Waals surface area contributed by atoms with E-state index in [0.717, 1.165) is 16.7 Å². The second kappa shape index (κ2) is 19.9. The Morgan fingerprint density at radius 1 is 0.975 bits per heavy atom. The largest absolute Gasteiger partial charge is 0.381 e. The fourth-order valence-electron chi connectivity index (χ4n) is 3.38. The lowest BCUT2D eigenvalue weighted by Crippen LogP contribution is -2.24. The number of nitrogens with one attached hydrogen (secondary N) is 1. The SMILES string of the molecule is C=CCOC.CC.CC.COC/C=C/CNC(=O)c1cc(-c2cncc(C)c2)nc2onc(-c3ccccc3)c12. The van der Waals surface area contributed by atoms with Gasteiger partial charge in [0.15, 0.2) is 0 Å². The Bertz CT molecular complexity index is 1320. The van der Waals surface area contributed by atoms with Crippen LogP contribution in [0.25, 0.3) is 33.6 Å². The monoisotopic (exact) mass is 546 g/mol. The van der Waals surface area contributed by atoms with Crippen molar-refractivity contribution < 1.29 is 18.8 Å². The zero-order chi connectivity index (χ0) is 29.8. The van der Waals surface area contributed by atoms with E-state index in [-0.39, 0.29) is 5.91 Å². The lowest BCUT2D eigenvalue weighted by molar-refractivity contribution is 0.0959. The number of aromatic nitrogens is 3. The van der Waals surface area contributed by atoms with Crippen molar-refractivity contribution in [3.63, 3.8) is 0 Å². The van der Waals surface area contributed by atoms with Gasteiger partial charge in [-0.05, 0) is 24.6 Å². The third-order valence-electron chi connectivity index (χ3n) is 5.00. The molecule has 4 aromatic rings. The van der Waals surface area contributed by atoms with E-state index in [4.69, 9.17) is 9.26 Å². The normalized spacial score (nSPS) is 9.97. The van der Waals surface area contributed by atoms with Crippen molar-refractivity contribution in [1.82, 2.24) is 20.4 Å². The maximum atomic E-state index is 13.1. The Labute approximate surface area is 238 Å². The number of methoxy groups -OCH3 is 2. The van der Waals surface area contributed by atoms with Gasteiger partial charge in [0.25, 0.3) is 11.6 Å². The van der Waals surface area contributed by atoms with Crippen molar-refractivity contribution >= 4 is 17.0 Å².